The number of anilines is 1. The van der Waals surface area contributed by atoms with Gasteiger partial charge in [-0.05, 0) is 18.2 Å². The molecule has 8 heteroatoms. The molecule has 120 valence electrons. The maximum atomic E-state index is 11.2. The minimum atomic E-state index is -0.629. The Kier molecular flexibility index (Phi) is 3.99. The number of ether oxygens (including phenoxy) is 1. The highest BCUT2D eigenvalue weighted by Gasteiger charge is 2.21. The van der Waals surface area contributed by atoms with Crippen LogP contribution in [-0.2, 0) is 6.54 Å². The van der Waals surface area contributed by atoms with Crippen LogP contribution < -0.4 is 10.1 Å². The second-order valence-corrected chi connectivity index (χ2v) is 4.87. The number of benzene rings is 1. The van der Waals surface area contributed by atoms with Crippen LogP contribution in [0.3, 0.4) is 0 Å². The summed E-state index contributed by atoms with van der Waals surface area (Å²) in [4.78, 5) is 14.5. The Morgan fingerprint density at radius 1 is 1.46 bits per heavy atom. The van der Waals surface area contributed by atoms with Gasteiger partial charge in [0.25, 0.3) is 0 Å². The second kappa shape index (κ2) is 6.26. The minimum absolute atomic E-state index is 0.0199. The van der Waals surface area contributed by atoms with Crippen molar-refractivity contribution in [1.29, 1.82) is 5.26 Å². The van der Waals surface area contributed by atoms with Crippen LogP contribution in [0.15, 0.2) is 40.9 Å². The number of nitrogens with zero attached hydrogens (tertiary/aromatic N) is 3. The van der Waals surface area contributed by atoms with Crippen molar-refractivity contribution in [2.24, 2.45) is 0 Å². The van der Waals surface area contributed by atoms with Gasteiger partial charge < -0.3 is 14.5 Å². The summed E-state index contributed by atoms with van der Waals surface area (Å²) >= 11 is 0. The summed E-state index contributed by atoms with van der Waals surface area (Å²) < 4.78 is 11.0. The lowest BCUT2D eigenvalue weighted by molar-refractivity contribution is -0.384. The minimum Gasteiger partial charge on any atom is -0.493 e. The molecular weight excluding hydrogens is 312 g/mol. The number of nitro groups is 1. The molecule has 24 heavy (non-hydrogen) atoms. The van der Waals surface area contributed by atoms with E-state index in [4.69, 9.17) is 14.4 Å². The van der Waals surface area contributed by atoms with E-state index in [0.717, 1.165) is 5.39 Å². The molecule has 1 N–H and O–H groups in total. The fourth-order valence-corrected chi connectivity index (χ4v) is 2.37. The second-order valence-electron chi connectivity index (χ2n) is 4.87. The molecule has 0 aliphatic rings. The standard InChI is InChI=1S/C16H12N4O4/c1-23-13-4-2-3-10-7-12(24-15(10)13)9-19-16-14(20(21)22)11(8-17)5-6-18-16/h2-7H,9H2,1H3,(H,18,19). The van der Waals surface area contributed by atoms with E-state index in [-0.39, 0.29) is 23.6 Å². The third-order valence-electron chi connectivity index (χ3n) is 3.44. The molecule has 0 bridgehead atoms. The molecule has 3 aromatic rings. The number of hydrogen-bond donors (Lipinski definition) is 1. The maximum absolute atomic E-state index is 11.2. The highest BCUT2D eigenvalue weighted by Crippen LogP contribution is 2.30. The molecule has 2 aromatic heterocycles. The first-order valence-corrected chi connectivity index (χ1v) is 6.97. The maximum Gasteiger partial charge on any atom is 0.328 e. The molecule has 0 saturated carbocycles. The third-order valence-corrected chi connectivity index (χ3v) is 3.44. The van der Waals surface area contributed by atoms with Crippen molar-refractivity contribution in [3.05, 3.63) is 58.0 Å². The lowest BCUT2D eigenvalue weighted by Gasteiger charge is -2.05. The van der Waals surface area contributed by atoms with Gasteiger partial charge in [0.15, 0.2) is 11.3 Å². The smallest absolute Gasteiger partial charge is 0.328 e. The van der Waals surface area contributed by atoms with E-state index in [9.17, 15) is 10.1 Å². The number of methoxy groups -OCH3 is 1. The highest BCUT2D eigenvalue weighted by atomic mass is 16.6. The van der Waals surface area contributed by atoms with Gasteiger partial charge in [-0.25, -0.2) is 4.98 Å². The van der Waals surface area contributed by atoms with Gasteiger partial charge in [0, 0.05) is 11.6 Å². The number of furan rings is 1. The van der Waals surface area contributed by atoms with Gasteiger partial charge in [0.2, 0.25) is 5.82 Å². The highest BCUT2D eigenvalue weighted by molar-refractivity contribution is 5.83. The number of aromatic nitrogens is 1. The van der Waals surface area contributed by atoms with Crippen molar-refractivity contribution >= 4 is 22.5 Å². The van der Waals surface area contributed by atoms with Crippen LogP contribution in [0.5, 0.6) is 5.75 Å². The van der Waals surface area contributed by atoms with Crippen LogP contribution in [0.25, 0.3) is 11.0 Å². The van der Waals surface area contributed by atoms with Crippen molar-refractivity contribution in [3.8, 4) is 11.8 Å². The van der Waals surface area contributed by atoms with Gasteiger partial charge in [-0.15, -0.1) is 0 Å². The number of nitrogens with one attached hydrogen (secondary N) is 1. The summed E-state index contributed by atoms with van der Waals surface area (Å²) in [5.74, 6) is 1.19. The summed E-state index contributed by atoms with van der Waals surface area (Å²) in [7, 11) is 1.55. The van der Waals surface area contributed by atoms with Crippen LogP contribution >= 0.6 is 0 Å². The van der Waals surface area contributed by atoms with Crippen molar-refractivity contribution in [1.82, 2.24) is 4.98 Å². The Balaban J connectivity index is 1.89. The molecule has 0 atom stereocenters. The van der Waals surface area contributed by atoms with Crippen LogP contribution in [0, 0.1) is 21.4 Å². The first kappa shape index (κ1) is 15.3. The number of rotatable bonds is 5. The van der Waals surface area contributed by atoms with E-state index in [0.29, 0.717) is 17.1 Å². The van der Waals surface area contributed by atoms with Gasteiger partial charge in [-0.2, -0.15) is 5.26 Å². The van der Waals surface area contributed by atoms with Crippen LogP contribution in [0.2, 0.25) is 0 Å². The zero-order valence-electron chi connectivity index (χ0n) is 12.6. The largest absolute Gasteiger partial charge is 0.493 e. The average Bonchev–Trinajstić information content (AvgIpc) is 3.02. The fraction of sp³-hybridized carbons (Fsp3) is 0.125. The Morgan fingerprint density at radius 3 is 3.00 bits per heavy atom. The van der Waals surface area contributed by atoms with Gasteiger partial charge in [0.1, 0.15) is 17.4 Å². The quantitative estimate of drug-likeness (QED) is 0.566. The SMILES string of the molecule is COc1cccc2cc(CNc3nccc(C#N)c3[N+](=O)[O-])oc12. The van der Waals surface area contributed by atoms with E-state index < -0.39 is 4.92 Å². The summed E-state index contributed by atoms with van der Waals surface area (Å²) in [5.41, 5.74) is 0.197. The van der Waals surface area contributed by atoms with Gasteiger partial charge in [0.05, 0.1) is 18.6 Å². The number of hydrogen-bond acceptors (Lipinski definition) is 7. The molecule has 0 aliphatic carbocycles. The third kappa shape index (κ3) is 2.70. The molecule has 0 radical (unpaired) electrons. The van der Waals surface area contributed by atoms with E-state index in [1.54, 1.807) is 19.2 Å². The Labute approximate surface area is 136 Å². The van der Waals surface area contributed by atoms with Crippen LogP contribution in [0.4, 0.5) is 11.5 Å². The summed E-state index contributed by atoms with van der Waals surface area (Å²) in [5, 5.41) is 23.9. The van der Waals surface area contributed by atoms with Crippen molar-refractivity contribution in [2.45, 2.75) is 6.54 Å². The van der Waals surface area contributed by atoms with Crippen molar-refractivity contribution in [3.63, 3.8) is 0 Å². The summed E-state index contributed by atoms with van der Waals surface area (Å²) in [6, 6.07) is 10.4. The molecule has 0 aliphatic heterocycles. The monoisotopic (exact) mass is 324 g/mol. The van der Waals surface area contributed by atoms with E-state index in [2.05, 4.69) is 10.3 Å². The van der Waals surface area contributed by atoms with Gasteiger partial charge in [-0.1, -0.05) is 12.1 Å². The zero-order valence-corrected chi connectivity index (χ0v) is 12.6. The topological polar surface area (TPSA) is 114 Å². The Hall–Kier alpha value is -3.60. The number of pyridine rings is 1. The van der Waals surface area contributed by atoms with E-state index in [1.165, 1.54) is 12.3 Å². The number of fused-ring (bicyclic) bond motifs is 1. The van der Waals surface area contributed by atoms with Gasteiger partial charge in [-0.3, -0.25) is 10.1 Å². The lowest BCUT2D eigenvalue weighted by atomic mass is 10.2. The number of para-hydroxylation sites is 1. The molecule has 1 aromatic carbocycles. The van der Waals surface area contributed by atoms with Crippen molar-refractivity contribution < 1.29 is 14.1 Å². The van der Waals surface area contributed by atoms with Crippen LogP contribution in [0.1, 0.15) is 11.3 Å². The van der Waals surface area contributed by atoms with Gasteiger partial charge >= 0.3 is 5.69 Å². The Bertz CT molecular complexity index is 958. The predicted octanol–water partition coefficient (Wildman–Crippen LogP) is 3.23. The molecule has 0 saturated heterocycles. The average molecular weight is 324 g/mol. The zero-order chi connectivity index (χ0) is 17.1. The molecule has 3 rings (SSSR count). The molecule has 0 spiro atoms. The van der Waals surface area contributed by atoms with E-state index >= 15 is 0 Å². The number of nitriles is 1. The predicted molar refractivity (Wildman–Crippen MR) is 85.7 cm³/mol. The molecule has 0 fully saturated rings. The molecule has 8 nitrogen and oxygen atoms in total. The lowest BCUT2D eigenvalue weighted by Crippen LogP contribution is -2.05. The summed E-state index contributed by atoms with van der Waals surface area (Å²) in [6.07, 6.45) is 1.34. The Morgan fingerprint density at radius 2 is 2.29 bits per heavy atom. The van der Waals surface area contributed by atoms with E-state index in [1.807, 2.05) is 18.2 Å². The van der Waals surface area contributed by atoms with Crippen LogP contribution in [-0.4, -0.2) is 17.0 Å². The molecule has 2 heterocycles. The normalized spacial score (nSPS) is 10.3. The molecule has 0 amide bonds. The first-order chi connectivity index (χ1) is 11.6. The first-order valence-electron chi connectivity index (χ1n) is 6.97. The summed E-state index contributed by atoms with van der Waals surface area (Å²) in [6.45, 7) is 0.181. The molecular formula is C16H12N4O4. The fourth-order valence-electron chi connectivity index (χ4n) is 2.37. The molecule has 0 unspecified atom stereocenters. The van der Waals surface area contributed by atoms with Crippen molar-refractivity contribution in [2.75, 3.05) is 12.4 Å².